The third-order valence-corrected chi connectivity index (χ3v) is 6.80. The molecule has 164 valence electrons. The Bertz CT molecular complexity index is 917. The molecule has 0 saturated carbocycles. The van der Waals surface area contributed by atoms with Crippen LogP contribution in [0.5, 0.6) is 5.75 Å². The Hall–Kier alpha value is -2.86. The Balaban J connectivity index is 0.000000196. The normalized spacial score (nSPS) is 24.3. The highest BCUT2D eigenvalue weighted by Gasteiger charge is 2.49. The molecule has 6 nitrogen and oxygen atoms in total. The van der Waals surface area contributed by atoms with Crippen molar-refractivity contribution >= 4 is 12.3 Å². The van der Waals surface area contributed by atoms with Crippen molar-refractivity contribution in [3.05, 3.63) is 65.2 Å². The first-order valence-corrected chi connectivity index (χ1v) is 11.0. The highest BCUT2D eigenvalue weighted by Crippen LogP contribution is 2.45. The predicted octanol–water partition coefficient (Wildman–Crippen LogP) is 2.92. The van der Waals surface area contributed by atoms with Crippen LogP contribution in [0.25, 0.3) is 0 Å². The van der Waals surface area contributed by atoms with Gasteiger partial charge in [-0.3, -0.25) is 14.5 Å². The number of hydrogen-bond acceptors (Lipinski definition) is 4. The minimum atomic E-state index is 0.104. The number of piperidine rings is 1. The van der Waals surface area contributed by atoms with Crippen LogP contribution in [-0.2, 0) is 22.6 Å². The average molecular weight is 422 g/mol. The maximum atomic E-state index is 12.8. The first-order valence-electron chi connectivity index (χ1n) is 11.0. The van der Waals surface area contributed by atoms with Gasteiger partial charge in [0, 0.05) is 24.7 Å². The number of ether oxygens (including phenoxy) is 1. The summed E-state index contributed by atoms with van der Waals surface area (Å²) in [5.41, 5.74) is 3.72. The van der Waals surface area contributed by atoms with Crippen LogP contribution in [0.1, 0.15) is 42.0 Å². The summed E-state index contributed by atoms with van der Waals surface area (Å²) in [7, 11) is 3.86. The van der Waals surface area contributed by atoms with Gasteiger partial charge in [-0.05, 0) is 49.9 Å². The van der Waals surface area contributed by atoms with Crippen molar-refractivity contribution in [3.8, 4) is 5.75 Å². The number of likely N-dealkylation sites (N-methyl/N-ethyl adjacent to an activating group) is 1. The minimum absolute atomic E-state index is 0.104. The molecule has 3 unspecified atom stereocenters. The molecule has 2 aromatic carbocycles. The van der Waals surface area contributed by atoms with Gasteiger partial charge >= 0.3 is 0 Å². The van der Waals surface area contributed by atoms with Gasteiger partial charge in [0.15, 0.2) is 0 Å². The van der Waals surface area contributed by atoms with Gasteiger partial charge in [0.05, 0.1) is 19.2 Å². The topological polar surface area (TPSA) is 61.9 Å². The number of nitrogens with one attached hydrogen (secondary N) is 1. The van der Waals surface area contributed by atoms with E-state index in [0.29, 0.717) is 24.9 Å². The number of amides is 2. The van der Waals surface area contributed by atoms with Gasteiger partial charge in [-0.25, -0.2) is 0 Å². The molecular weight excluding hydrogens is 390 g/mol. The van der Waals surface area contributed by atoms with Crippen LogP contribution in [-0.4, -0.2) is 54.9 Å². The average Bonchev–Trinajstić information content (AvgIpc) is 2.81. The number of piperazine rings is 1. The SMILES string of the molecule is COc1cccc2c1CCN1C(=O)C3CCCC(C21)N3C.O=CNCc1ccccc1. The highest BCUT2D eigenvalue weighted by molar-refractivity contribution is 5.84. The third kappa shape index (κ3) is 4.17. The molecule has 0 radical (unpaired) electrons. The zero-order valence-electron chi connectivity index (χ0n) is 18.3. The van der Waals surface area contributed by atoms with E-state index in [1.54, 1.807) is 7.11 Å². The van der Waals surface area contributed by atoms with E-state index in [9.17, 15) is 9.59 Å². The Kier molecular flexibility index (Phi) is 6.56. The van der Waals surface area contributed by atoms with Gasteiger partial charge < -0.3 is 15.0 Å². The monoisotopic (exact) mass is 421 g/mol. The molecule has 0 aromatic heterocycles. The third-order valence-electron chi connectivity index (χ3n) is 6.80. The van der Waals surface area contributed by atoms with Crippen molar-refractivity contribution < 1.29 is 14.3 Å². The van der Waals surface area contributed by atoms with Crippen LogP contribution in [0, 0.1) is 0 Å². The standard InChI is InChI=1S/C17H22N2O2.C8H9NO/c1-18-13-6-4-7-14(18)17(20)19-10-9-11-12(16(13)19)5-3-8-15(11)21-2;10-7-9-6-8-4-2-1-3-5-8/h3,5,8,13-14,16H,4,6-7,9-10H2,1-2H3;1-5,7H,6H2,(H,9,10). The number of fused-ring (bicyclic) bond motifs is 6. The van der Waals surface area contributed by atoms with Gasteiger partial charge in [0.2, 0.25) is 12.3 Å². The van der Waals surface area contributed by atoms with Crippen molar-refractivity contribution in [2.45, 2.75) is 50.4 Å². The molecule has 3 aliphatic rings. The molecule has 3 aliphatic heterocycles. The molecule has 2 amide bonds. The van der Waals surface area contributed by atoms with Crippen LogP contribution >= 0.6 is 0 Å². The fourth-order valence-corrected chi connectivity index (χ4v) is 5.30. The second kappa shape index (κ2) is 9.52. The fraction of sp³-hybridized carbons (Fsp3) is 0.440. The summed E-state index contributed by atoms with van der Waals surface area (Å²) in [6.45, 7) is 1.45. The highest BCUT2D eigenvalue weighted by atomic mass is 16.5. The number of benzene rings is 2. The lowest BCUT2D eigenvalue weighted by atomic mass is 9.79. The smallest absolute Gasteiger partial charge is 0.240 e. The Labute approximate surface area is 184 Å². The van der Waals surface area contributed by atoms with Crippen molar-refractivity contribution in [3.63, 3.8) is 0 Å². The number of carbonyl (C=O) groups excluding carboxylic acids is 2. The van der Waals surface area contributed by atoms with E-state index < -0.39 is 0 Å². The zero-order valence-corrected chi connectivity index (χ0v) is 18.3. The Morgan fingerprint density at radius 1 is 1.13 bits per heavy atom. The van der Waals surface area contributed by atoms with Crippen LogP contribution < -0.4 is 10.1 Å². The molecule has 2 bridgehead atoms. The number of methoxy groups -OCH3 is 1. The lowest BCUT2D eigenvalue weighted by Crippen LogP contribution is -2.64. The van der Waals surface area contributed by atoms with E-state index in [4.69, 9.17) is 4.74 Å². The van der Waals surface area contributed by atoms with E-state index >= 15 is 0 Å². The molecule has 3 atom stereocenters. The van der Waals surface area contributed by atoms with E-state index in [0.717, 1.165) is 37.1 Å². The summed E-state index contributed by atoms with van der Waals surface area (Å²) in [5, 5.41) is 2.58. The maximum absolute atomic E-state index is 12.8. The fourth-order valence-electron chi connectivity index (χ4n) is 5.30. The van der Waals surface area contributed by atoms with E-state index in [2.05, 4.69) is 34.3 Å². The number of rotatable bonds is 4. The summed E-state index contributed by atoms with van der Waals surface area (Å²) in [4.78, 5) is 27.1. The maximum Gasteiger partial charge on any atom is 0.240 e. The Morgan fingerprint density at radius 2 is 1.94 bits per heavy atom. The Morgan fingerprint density at radius 3 is 2.68 bits per heavy atom. The zero-order chi connectivity index (χ0) is 21.8. The quantitative estimate of drug-likeness (QED) is 0.771. The minimum Gasteiger partial charge on any atom is -0.496 e. The van der Waals surface area contributed by atoms with E-state index in [-0.39, 0.29) is 12.1 Å². The molecule has 31 heavy (non-hydrogen) atoms. The summed E-state index contributed by atoms with van der Waals surface area (Å²) < 4.78 is 5.53. The van der Waals surface area contributed by atoms with Gasteiger partial charge in [-0.15, -0.1) is 0 Å². The molecule has 0 spiro atoms. The van der Waals surface area contributed by atoms with Gasteiger partial charge in [0.25, 0.3) is 0 Å². The second-order valence-corrected chi connectivity index (χ2v) is 8.42. The van der Waals surface area contributed by atoms with Gasteiger partial charge in [-0.2, -0.15) is 0 Å². The molecule has 6 heteroatoms. The predicted molar refractivity (Wildman–Crippen MR) is 120 cm³/mol. The molecule has 5 rings (SSSR count). The lowest BCUT2D eigenvalue weighted by molar-refractivity contribution is -0.154. The van der Waals surface area contributed by atoms with Crippen LogP contribution in [0.4, 0.5) is 0 Å². The molecule has 2 aromatic rings. The molecule has 2 saturated heterocycles. The summed E-state index contributed by atoms with van der Waals surface area (Å²) in [6, 6.07) is 16.8. The second-order valence-electron chi connectivity index (χ2n) is 8.42. The largest absolute Gasteiger partial charge is 0.496 e. The molecule has 3 heterocycles. The molecular formula is C25H31N3O3. The lowest BCUT2D eigenvalue weighted by Gasteiger charge is -2.54. The molecule has 2 fully saturated rings. The van der Waals surface area contributed by atoms with Crippen molar-refractivity contribution in [2.75, 3.05) is 20.7 Å². The number of carbonyl (C=O) groups is 2. The summed E-state index contributed by atoms with van der Waals surface area (Å²) >= 11 is 0. The van der Waals surface area contributed by atoms with Gasteiger partial charge in [-0.1, -0.05) is 42.5 Å². The number of nitrogens with zero attached hydrogens (tertiary/aromatic N) is 2. The molecule has 1 N–H and O–H groups in total. The van der Waals surface area contributed by atoms with E-state index in [1.807, 2.05) is 36.4 Å². The van der Waals surface area contributed by atoms with E-state index in [1.165, 1.54) is 17.5 Å². The van der Waals surface area contributed by atoms with Crippen molar-refractivity contribution in [1.29, 1.82) is 0 Å². The van der Waals surface area contributed by atoms with Crippen LogP contribution in [0.2, 0.25) is 0 Å². The van der Waals surface area contributed by atoms with Crippen molar-refractivity contribution in [2.24, 2.45) is 0 Å². The van der Waals surface area contributed by atoms with Crippen LogP contribution in [0.3, 0.4) is 0 Å². The summed E-state index contributed by atoms with van der Waals surface area (Å²) in [6.07, 6.45) is 4.96. The van der Waals surface area contributed by atoms with Crippen molar-refractivity contribution in [1.82, 2.24) is 15.1 Å². The summed E-state index contributed by atoms with van der Waals surface area (Å²) in [5.74, 6) is 1.30. The molecule has 0 aliphatic carbocycles. The van der Waals surface area contributed by atoms with Gasteiger partial charge in [0.1, 0.15) is 5.75 Å². The van der Waals surface area contributed by atoms with Crippen LogP contribution in [0.15, 0.2) is 48.5 Å². The first-order chi connectivity index (χ1) is 15.2. The first kappa shape index (κ1) is 21.4. The number of hydrogen-bond donors (Lipinski definition) is 1.